The molecule has 0 amide bonds. The lowest BCUT2D eigenvalue weighted by Crippen LogP contribution is -2.24. The maximum Gasteiger partial charge on any atom is 0.397 e. The first-order valence-corrected chi connectivity index (χ1v) is 3.95. The Morgan fingerprint density at radius 2 is 2.20 bits per heavy atom. The molecule has 0 aliphatic carbocycles. The van der Waals surface area contributed by atoms with Gasteiger partial charge in [-0.25, -0.2) is 9.97 Å². The number of hydrogen-bond donors (Lipinski definition) is 1. The van der Waals surface area contributed by atoms with Crippen LogP contribution in [0.25, 0.3) is 0 Å². The maximum atomic E-state index is 12.4. The minimum Gasteiger partial charge on any atom is -0.481 e. The third-order valence-corrected chi connectivity index (χ3v) is 1.74. The first-order valence-electron chi connectivity index (χ1n) is 3.95. The van der Waals surface area contributed by atoms with E-state index in [4.69, 9.17) is 5.11 Å². The Labute approximate surface area is 82.8 Å². The lowest BCUT2D eigenvalue weighted by molar-refractivity contribution is -0.164. The largest absolute Gasteiger partial charge is 0.481 e. The lowest BCUT2D eigenvalue weighted by atomic mass is 10.0. The smallest absolute Gasteiger partial charge is 0.397 e. The third kappa shape index (κ3) is 3.19. The topological polar surface area (TPSA) is 63.1 Å². The normalized spacial score (nSPS) is 13.5. The number of rotatable bonds is 3. The molecule has 1 aromatic rings. The molecule has 4 nitrogen and oxygen atoms in total. The molecule has 0 radical (unpaired) electrons. The van der Waals surface area contributed by atoms with E-state index in [2.05, 4.69) is 9.97 Å². The van der Waals surface area contributed by atoms with Crippen molar-refractivity contribution in [3.8, 4) is 0 Å². The zero-order valence-electron chi connectivity index (χ0n) is 7.40. The second kappa shape index (κ2) is 4.24. The summed E-state index contributed by atoms with van der Waals surface area (Å²) in [5, 5.41) is 8.37. The molecule has 0 fully saturated rings. The number of alkyl halides is 3. The molecule has 15 heavy (non-hydrogen) atoms. The predicted octanol–water partition coefficient (Wildman–Crippen LogP) is 1.60. The van der Waals surface area contributed by atoms with Gasteiger partial charge in [0.2, 0.25) is 0 Å². The van der Waals surface area contributed by atoms with E-state index in [0.29, 0.717) is 0 Å². The highest BCUT2D eigenvalue weighted by Gasteiger charge is 2.42. The standard InChI is InChI=1S/C8H7F3N2O2/c9-8(10,11)5(3-7(14)15)6-1-2-12-4-13-6/h1-2,4-5H,3H2,(H,14,15). The van der Waals surface area contributed by atoms with Crippen LogP contribution in [0.2, 0.25) is 0 Å². The number of halogens is 3. The first kappa shape index (κ1) is 11.4. The molecule has 1 aromatic heterocycles. The molecule has 0 saturated heterocycles. The fraction of sp³-hybridized carbons (Fsp3) is 0.375. The third-order valence-electron chi connectivity index (χ3n) is 1.74. The van der Waals surface area contributed by atoms with E-state index in [-0.39, 0.29) is 5.69 Å². The van der Waals surface area contributed by atoms with Crippen molar-refractivity contribution in [3.05, 3.63) is 24.3 Å². The number of carbonyl (C=O) groups is 1. The number of carboxylic acids is 1. The van der Waals surface area contributed by atoms with Crippen molar-refractivity contribution in [1.82, 2.24) is 9.97 Å². The Balaban J connectivity index is 2.97. The zero-order chi connectivity index (χ0) is 11.5. The monoisotopic (exact) mass is 220 g/mol. The quantitative estimate of drug-likeness (QED) is 0.840. The summed E-state index contributed by atoms with van der Waals surface area (Å²) in [4.78, 5) is 17.2. The predicted molar refractivity (Wildman–Crippen MR) is 43.1 cm³/mol. The average molecular weight is 220 g/mol. The van der Waals surface area contributed by atoms with Crippen LogP contribution in [-0.4, -0.2) is 27.2 Å². The molecular formula is C8H7F3N2O2. The molecule has 0 aliphatic rings. The zero-order valence-corrected chi connectivity index (χ0v) is 7.40. The molecule has 0 saturated carbocycles. The minimum atomic E-state index is -4.62. The summed E-state index contributed by atoms with van der Waals surface area (Å²) in [6.07, 6.45) is -3.55. The van der Waals surface area contributed by atoms with Crippen molar-refractivity contribution in [3.63, 3.8) is 0 Å². The number of nitrogens with zero attached hydrogens (tertiary/aromatic N) is 2. The highest BCUT2D eigenvalue weighted by Crippen LogP contribution is 2.36. The van der Waals surface area contributed by atoms with Gasteiger partial charge in [0.25, 0.3) is 0 Å². The number of carboxylic acid groups (broad SMARTS) is 1. The van der Waals surface area contributed by atoms with Crippen LogP contribution in [0, 0.1) is 0 Å². The fourth-order valence-electron chi connectivity index (χ4n) is 1.07. The van der Waals surface area contributed by atoms with Crippen molar-refractivity contribution in [1.29, 1.82) is 0 Å². The first-order chi connectivity index (χ1) is 6.91. The van der Waals surface area contributed by atoms with E-state index in [1.165, 1.54) is 0 Å². The van der Waals surface area contributed by atoms with Gasteiger partial charge in [-0.3, -0.25) is 4.79 Å². The SMILES string of the molecule is O=C(O)CC(c1ccncn1)C(F)(F)F. The van der Waals surface area contributed by atoms with E-state index in [1.807, 2.05) is 0 Å². The fourth-order valence-corrected chi connectivity index (χ4v) is 1.07. The van der Waals surface area contributed by atoms with Gasteiger partial charge in [0.1, 0.15) is 12.2 Å². The van der Waals surface area contributed by atoms with Crippen LogP contribution in [0.5, 0.6) is 0 Å². The van der Waals surface area contributed by atoms with Gasteiger partial charge in [0, 0.05) is 6.20 Å². The van der Waals surface area contributed by atoms with Crippen LogP contribution in [0.3, 0.4) is 0 Å². The van der Waals surface area contributed by atoms with Gasteiger partial charge < -0.3 is 5.11 Å². The summed E-state index contributed by atoms with van der Waals surface area (Å²) in [6.45, 7) is 0. The summed E-state index contributed by atoms with van der Waals surface area (Å²) in [6, 6.07) is 1.06. The van der Waals surface area contributed by atoms with Crippen LogP contribution in [0.1, 0.15) is 18.0 Å². The van der Waals surface area contributed by atoms with Gasteiger partial charge in [-0.15, -0.1) is 0 Å². The molecule has 1 atom stereocenters. The maximum absolute atomic E-state index is 12.4. The van der Waals surface area contributed by atoms with Crippen LogP contribution < -0.4 is 0 Å². The molecule has 7 heteroatoms. The summed E-state index contributed by atoms with van der Waals surface area (Å²) >= 11 is 0. The molecule has 0 aliphatic heterocycles. The Kier molecular flexibility index (Phi) is 3.23. The van der Waals surface area contributed by atoms with Crippen molar-refractivity contribution < 1.29 is 23.1 Å². The van der Waals surface area contributed by atoms with Crippen molar-refractivity contribution >= 4 is 5.97 Å². The molecule has 1 N–H and O–H groups in total. The van der Waals surface area contributed by atoms with Crippen molar-refractivity contribution in [2.75, 3.05) is 0 Å². The second-order valence-electron chi connectivity index (χ2n) is 2.83. The molecule has 0 aromatic carbocycles. The van der Waals surface area contributed by atoms with E-state index in [1.54, 1.807) is 0 Å². The summed E-state index contributed by atoms with van der Waals surface area (Å²) in [5.41, 5.74) is -0.333. The Bertz CT molecular complexity index is 339. The number of hydrogen-bond acceptors (Lipinski definition) is 3. The Morgan fingerprint density at radius 3 is 2.60 bits per heavy atom. The van der Waals surface area contributed by atoms with E-state index in [0.717, 1.165) is 18.6 Å². The van der Waals surface area contributed by atoms with E-state index in [9.17, 15) is 18.0 Å². The molecular weight excluding hydrogens is 213 g/mol. The summed E-state index contributed by atoms with van der Waals surface area (Å²) < 4.78 is 37.3. The molecule has 1 rings (SSSR count). The van der Waals surface area contributed by atoms with Gasteiger partial charge in [0.05, 0.1) is 12.1 Å². The summed E-state index contributed by atoms with van der Waals surface area (Å²) in [7, 11) is 0. The van der Waals surface area contributed by atoms with Gasteiger partial charge in [-0.1, -0.05) is 0 Å². The van der Waals surface area contributed by atoms with Gasteiger partial charge in [-0.05, 0) is 6.07 Å². The molecule has 82 valence electrons. The molecule has 0 spiro atoms. The molecule has 0 bridgehead atoms. The van der Waals surface area contributed by atoms with Gasteiger partial charge in [-0.2, -0.15) is 13.2 Å². The van der Waals surface area contributed by atoms with Crippen LogP contribution in [0.4, 0.5) is 13.2 Å². The summed E-state index contributed by atoms with van der Waals surface area (Å²) in [5.74, 6) is -3.60. The van der Waals surface area contributed by atoms with Crippen LogP contribution in [0.15, 0.2) is 18.6 Å². The van der Waals surface area contributed by atoms with Crippen molar-refractivity contribution in [2.24, 2.45) is 0 Å². The van der Waals surface area contributed by atoms with Crippen LogP contribution >= 0.6 is 0 Å². The van der Waals surface area contributed by atoms with E-state index >= 15 is 0 Å². The average Bonchev–Trinajstić information content (AvgIpc) is 2.14. The van der Waals surface area contributed by atoms with Gasteiger partial charge >= 0.3 is 12.1 Å². The Morgan fingerprint density at radius 1 is 1.53 bits per heavy atom. The van der Waals surface area contributed by atoms with Gasteiger partial charge in [0.15, 0.2) is 0 Å². The molecule has 1 heterocycles. The number of aromatic nitrogens is 2. The molecule has 1 unspecified atom stereocenters. The lowest BCUT2D eigenvalue weighted by Gasteiger charge is -2.17. The van der Waals surface area contributed by atoms with Crippen LogP contribution in [-0.2, 0) is 4.79 Å². The highest BCUT2D eigenvalue weighted by atomic mass is 19.4. The highest BCUT2D eigenvalue weighted by molar-refractivity contribution is 5.68. The Hall–Kier alpha value is -1.66. The second-order valence-corrected chi connectivity index (χ2v) is 2.83. The minimum absolute atomic E-state index is 0.333. The van der Waals surface area contributed by atoms with Crippen molar-refractivity contribution in [2.45, 2.75) is 18.5 Å². The van der Waals surface area contributed by atoms with E-state index < -0.39 is 24.5 Å². The number of aliphatic carboxylic acids is 1.